The lowest BCUT2D eigenvalue weighted by Gasteiger charge is -2.41. The maximum Gasteiger partial charge on any atom is 0.123 e. The van der Waals surface area contributed by atoms with Crippen LogP contribution in [0, 0.1) is 12.7 Å². The molecular formula is C14H23FN2. The summed E-state index contributed by atoms with van der Waals surface area (Å²) in [7, 11) is 6.06. The first kappa shape index (κ1) is 14.1. The molecule has 3 heteroatoms. The van der Waals surface area contributed by atoms with Gasteiger partial charge >= 0.3 is 0 Å². The summed E-state index contributed by atoms with van der Waals surface area (Å²) < 4.78 is 13.1. The van der Waals surface area contributed by atoms with Gasteiger partial charge in [-0.3, -0.25) is 0 Å². The van der Waals surface area contributed by atoms with Gasteiger partial charge in [0.15, 0.2) is 0 Å². The van der Waals surface area contributed by atoms with Gasteiger partial charge in [0, 0.05) is 5.54 Å². The molecule has 96 valence electrons. The van der Waals surface area contributed by atoms with Crippen LogP contribution in [0.3, 0.4) is 0 Å². The van der Waals surface area contributed by atoms with Crippen molar-refractivity contribution in [1.82, 2.24) is 10.2 Å². The van der Waals surface area contributed by atoms with E-state index in [9.17, 15) is 4.39 Å². The lowest BCUT2D eigenvalue weighted by molar-refractivity contribution is 0.142. The van der Waals surface area contributed by atoms with Crippen LogP contribution in [0.1, 0.15) is 31.0 Å². The summed E-state index contributed by atoms with van der Waals surface area (Å²) in [6.45, 7) is 6.31. The van der Waals surface area contributed by atoms with Crippen LogP contribution in [0.4, 0.5) is 4.39 Å². The number of benzene rings is 1. The minimum atomic E-state index is -0.177. The second-order valence-corrected chi connectivity index (χ2v) is 5.27. The summed E-state index contributed by atoms with van der Waals surface area (Å²) in [5.41, 5.74) is 2.09. The fourth-order valence-electron chi connectivity index (χ4n) is 2.11. The molecule has 0 spiro atoms. The Kier molecular flexibility index (Phi) is 4.28. The number of rotatable bonds is 4. The van der Waals surface area contributed by atoms with E-state index in [4.69, 9.17) is 0 Å². The van der Waals surface area contributed by atoms with Gasteiger partial charge in [-0.25, -0.2) is 4.39 Å². The Balaban J connectivity index is 3.18. The first-order chi connectivity index (χ1) is 7.80. The van der Waals surface area contributed by atoms with E-state index >= 15 is 0 Å². The summed E-state index contributed by atoms with van der Waals surface area (Å²) in [4.78, 5) is 2.18. The van der Waals surface area contributed by atoms with Gasteiger partial charge < -0.3 is 10.2 Å². The predicted molar refractivity (Wildman–Crippen MR) is 70.7 cm³/mol. The molecule has 0 heterocycles. The molecule has 1 N–H and O–H groups in total. The second kappa shape index (κ2) is 5.15. The number of likely N-dealkylation sites (N-methyl/N-ethyl adjacent to an activating group) is 2. The number of aryl methyl sites for hydroxylation is 1. The first-order valence-corrected chi connectivity index (χ1v) is 5.91. The van der Waals surface area contributed by atoms with Crippen LogP contribution in [-0.2, 0) is 0 Å². The molecule has 1 unspecified atom stereocenters. The molecule has 1 aromatic rings. The van der Waals surface area contributed by atoms with E-state index in [2.05, 4.69) is 38.2 Å². The summed E-state index contributed by atoms with van der Waals surface area (Å²) in [5.74, 6) is -0.177. The van der Waals surface area contributed by atoms with Crippen LogP contribution in [0.25, 0.3) is 0 Å². The van der Waals surface area contributed by atoms with E-state index < -0.39 is 0 Å². The maximum absolute atomic E-state index is 13.1. The molecule has 0 saturated carbocycles. The van der Waals surface area contributed by atoms with Gasteiger partial charge in [0.05, 0.1) is 6.04 Å². The van der Waals surface area contributed by atoms with Gasteiger partial charge in [0.25, 0.3) is 0 Å². The van der Waals surface area contributed by atoms with Crippen molar-refractivity contribution in [2.45, 2.75) is 32.4 Å². The molecule has 0 saturated heterocycles. The average Bonchev–Trinajstić information content (AvgIpc) is 2.21. The Morgan fingerprint density at radius 1 is 1.29 bits per heavy atom. The Labute approximate surface area is 104 Å². The third-order valence-electron chi connectivity index (χ3n) is 3.69. The highest BCUT2D eigenvalue weighted by molar-refractivity contribution is 5.31. The molecule has 17 heavy (non-hydrogen) atoms. The summed E-state index contributed by atoms with van der Waals surface area (Å²) in [6, 6.07) is 5.15. The van der Waals surface area contributed by atoms with Crippen molar-refractivity contribution < 1.29 is 4.39 Å². The van der Waals surface area contributed by atoms with Crippen molar-refractivity contribution in [2.75, 3.05) is 21.1 Å². The van der Waals surface area contributed by atoms with Crippen LogP contribution >= 0.6 is 0 Å². The van der Waals surface area contributed by atoms with Crippen molar-refractivity contribution in [2.24, 2.45) is 0 Å². The zero-order chi connectivity index (χ0) is 13.2. The number of hydrogen-bond acceptors (Lipinski definition) is 2. The van der Waals surface area contributed by atoms with Crippen molar-refractivity contribution in [1.29, 1.82) is 0 Å². The van der Waals surface area contributed by atoms with E-state index in [1.165, 1.54) is 6.07 Å². The molecule has 0 aliphatic rings. The Morgan fingerprint density at radius 3 is 2.29 bits per heavy atom. The molecule has 0 aromatic heterocycles. The third-order valence-corrected chi connectivity index (χ3v) is 3.69. The molecule has 1 aromatic carbocycles. The number of nitrogens with zero attached hydrogens (tertiary/aromatic N) is 1. The van der Waals surface area contributed by atoms with Crippen molar-refractivity contribution in [3.8, 4) is 0 Å². The third kappa shape index (κ3) is 2.85. The Hall–Kier alpha value is -0.930. The van der Waals surface area contributed by atoms with Crippen LogP contribution < -0.4 is 5.32 Å². The fourth-order valence-corrected chi connectivity index (χ4v) is 2.11. The van der Waals surface area contributed by atoms with Gasteiger partial charge in [-0.2, -0.15) is 0 Å². The molecule has 0 fully saturated rings. The Bertz CT molecular complexity index is 386. The molecule has 1 atom stereocenters. The van der Waals surface area contributed by atoms with E-state index in [-0.39, 0.29) is 17.4 Å². The number of halogens is 1. The highest BCUT2D eigenvalue weighted by atomic mass is 19.1. The van der Waals surface area contributed by atoms with Crippen LogP contribution in [0.2, 0.25) is 0 Å². The first-order valence-electron chi connectivity index (χ1n) is 5.91. The smallest absolute Gasteiger partial charge is 0.123 e. The van der Waals surface area contributed by atoms with Gasteiger partial charge in [0.2, 0.25) is 0 Å². The van der Waals surface area contributed by atoms with E-state index in [1.807, 2.05) is 20.0 Å². The van der Waals surface area contributed by atoms with Gasteiger partial charge in [-0.15, -0.1) is 0 Å². The van der Waals surface area contributed by atoms with Gasteiger partial charge in [-0.05, 0) is 65.2 Å². The lowest BCUT2D eigenvalue weighted by Crippen LogP contribution is -2.48. The van der Waals surface area contributed by atoms with Gasteiger partial charge in [0.1, 0.15) is 5.82 Å². The van der Waals surface area contributed by atoms with Crippen molar-refractivity contribution in [3.05, 3.63) is 35.1 Å². The van der Waals surface area contributed by atoms with E-state index in [0.29, 0.717) is 0 Å². The van der Waals surface area contributed by atoms with Crippen LogP contribution in [0.15, 0.2) is 18.2 Å². The molecule has 1 rings (SSSR count). The standard InChI is InChI=1S/C14H23FN2/c1-10-9-11(15)7-8-12(10)13(16-4)14(2,3)17(5)6/h7-9,13,16H,1-6H3. The van der Waals surface area contributed by atoms with Crippen LogP contribution in [0.5, 0.6) is 0 Å². The fraction of sp³-hybridized carbons (Fsp3) is 0.571. The average molecular weight is 238 g/mol. The van der Waals surface area contributed by atoms with Gasteiger partial charge in [-0.1, -0.05) is 6.07 Å². The van der Waals surface area contributed by atoms with E-state index in [0.717, 1.165) is 11.1 Å². The normalized spacial score (nSPS) is 14.1. The molecule has 2 nitrogen and oxygen atoms in total. The molecule has 0 aliphatic carbocycles. The summed E-state index contributed by atoms with van der Waals surface area (Å²) in [6.07, 6.45) is 0. The van der Waals surface area contributed by atoms with Crippen molar-refractivity contribution in [3.63, 3.8) is 0 Å². The number of nitrogens with one attached hydrogen (secondary N) is 1. The maximum atomic E-state index is 13.1. The molecule has 0 amide bonds. The largest absolute Gasteiger partial charge is 0.311 e. The number of hydrogen-bond donors (Lipinski definition) is 1. The predicted octanol–water partition coefficient (Wildman–Crippen LogP) is 2.73. The highest BCUT2D eigenvalue weighted by Crippen LogP contribution is 2.31. The summed E-state index contributed by atoms with van der Waals surface area (Å²) in [5, 5.41) is 3.34. The molecule has 0 bridgehead atoms. The minimum absolute atomic E-state index is 0.0443. The molecule has 0 radical (unpaired) electrons. The molecule has 0 aliphatic heterocycles. The SMILES string of the molecule is CNC(c1ccc(F)cc1C)C(C)(C)N(C)C. The Morgan fingerprint density at radius 2 is 1.88 bits per heavy atom. The van der Waals surface area contributed by atoms with E-state index in [1.54, 1.807) is 6.07 Å². The minimum Gasteiger partial charge on any atom is -0.311 e. The summed E-state index contributed by atoms with van der Waals surface area (Å²) >= 11 is 0. The van der Waals surface area contributed by atoms with Crippen LogP contribution in [-0.4, -0.2) is 31.6 Å². The topological polar surface area (TPSA) is 15.3 Å². The monoisotopic (exact) mass is 238 g/mol. The lowest BCUT2D eigenvalue weighted by atomic mass is 9.85. The molecular weight excluding hydrogens is 215 g/mol. The van der Waals surface area contributed by atoms with Crippen molar-refractivity contribution >= 4 is 0 Å². The zero-order valence-corrected chi connectivity index (χ0v) is 11.6. The quantitative estimate of drug-likeness (QED) is 0.867. The highest BCUT2D eigenvalue weighted by Gasteiger charge is 2.32. The second-order valence-electron chi connectivity index (χ2n) is 5.27. The zero-order valence-electron chi connectivity index (χ0n) is 11.6.